The lowest BCUT2D eigenvalue weighted by Crippen LogP contribution is -1.99. The van der Waals surface area contributed by atoms with E-state index in [2.05, 4.69) is 175 Å². The van der Waals surface area contributed by atoms with Crippen molar-refractivity contribution in [3.05, 3.63) is 192 Å². The van der Waals surface area contributed by atoms with Crippen molar-refractivity contribution < 1.29 is 0 Å². The summed E-state index contributed by atoms with van der Waals surface area (Å²) in [4.78, 5) is 14.7. The Morgan fingerprint density at radius 2 is 0.930 bits per heavy atom. The fraction of sp³-hybridized carbons (Fsp3) is 0.0377. The predicted molar refractivity (Wildman–Crippen MR) is 238 cm³/mol. The molecule has 266 valence electrons. The van der Waals surface area contributed by atoms with Gasteiger partial charge in [0.15, 0.2) is 5.69 Å². The van der Waals surface area contributed by atoms with Crippen molar-refractivity contribution in [2.75, 3.05) is 0 Å². The summed E-state index contributed by atoms with van der Waals surface area (Å²) < 4.78 is 2.29. The molecule has 8 aromatic carbocycles. The summed E-state index contributed by atoms with van der Waals surface area (Å²) in [5, 5.41) is 9.23. The van der Waals surface area contributed by atoms with E-state index in [4.69, 9.17) is 16.5 Å². The number of benzene rings is 8. The van der Waals surface area contributed by atoms with E-state index in [1.807, 2.05) is 18.2 Å². The van der Waals surface area contributed by atoms with E-state index in [1.165, 1.54) is 32.7 Å². The van der Waals surface area contributed by atoms with E-state index < -0.39 is 0 Å². The smallest absolute Gasteiger partial charge is 0.188 e. The summed E-state index contributed by atoms with van der Waals surface area (Å²) >= 11 is 0. The third kappa shape index (κ3) is 4.99. The van der Waals surface area contributed by atoms with E-state index in [0.717, 1.165) is 82.9 Å². The first-order chi connectivity index (χ1) is 28.1. The Kier molecular flexibility index (Phi) is 7.32. The molecule has 0 N–H and O–H groups in total. The van der Waals surface area contributed by atoms with Gasteiger partial charge >= 0.3 is 0 Å². The number of rotatable bonds is 4. The molecule has 4 nitrogen and oxygen atoms in total. The molecule has 0 fully saturated rings. The van der Waals surface area contributed by atoms with Crippen LogP contribution in [0.2, 0.25) is 0 Å². The Balaban J connectivity index is 1.21. The molecule has 0 saturated carbocycles. The third-order valence-corrected chi connectivity index (χ3v) is 11.7. The number of aromatic nitrogens is 3. The molecule has 0 atom stereocenters. The summed E-state index contributed by atoms with van der Waals surface area (Å²) in [7, 11) is 0. The fourth-order valence-electron chi connectivity index (χ4n) is 9.14. The molecule has 0 spiro atoms. The molecule has 0 aliphatic heterocycles. The van der Waals surface area contributed by atoms with Crippen molar-refractivity contribution in [2.24, 2.45) is 0 Å². The molecular formula is C53H34N4. The van der Waals surface area contributed by atoms with Gasteiger partial charge in [-0.05, 0) is 101 Å². The lowest BCUT2D eigenvalue weighted by atomic mass is 9.85. The van der Waals surface area contributed by atoms with Gasteiger partial charge in [-0.1, -0.05) is 121 Å². The number of para-hydroxylation sites is 2. The monoisotopic (exact) mass is 726 g/mol. The SMILES string of the molecule is [C-]#[N+]c1ccc2c(c1)c1cc(-c3ccc4c(c3)nc(-c3ccccc3)c3c(C)c5c(c(-c6ccccc6)nc6ccccc65)c(C)c34)ccc1n2-c1ccccc1. The average Bonchev–Trinajstić information content (AvgIpc) is 3.60. The van der Waals surface area contributed by atoms with Gasteiger partial charge in [-0.2, -0.15) is 0 Å². The van der Waals surface area contributed by atoms with Crippen LogP contribution >= 0.6 is 0 Å². The van der Waals surface area contributed by atoms with Gasteiger partial charge < -0.3 is 4.57 Å². The van der Waals surface area contributed by atoms with Gasteiger partial charge in [0.2, 0.25) is 0 Å². The first-order valence-electron chi connectivity index (χ1n) is 19.3. The second-order valence-corrected chi connectivity index (χ2v) is 14.9. The van der Waals surface area contributed by atoms with Gasteiger partial charge in [0.05, 0.1) is 40.0 Å². The molecule has 4 heteroatoms. The molecule has 57 heavy (non-hydrogen) atoms. The molecule has 3 heterocycles. The first kappa shape index (κ1) is 32.8. The molecule has 0 radical (unpaired) electrons. The van der Waals surface area contributed by atoms with Crippen LogP contribution in [-0.4, -0.2) is 14.5 Å². The largest absolute Gasteiger partial charge is 0.309 e. The number of nitrogens with zero attached hydrogens (tertiary/aromatic N) is 4. The zero-order valence-electron chi connectivity index (χ0n) is 31.5. The molecule has 0 aliphatic carbocycles. The Labute approximate surface area is 329 Å². The van der Waals surface area contributed by atoms with Crippen LogP contribution in [0.4, 0.5) is 5.69 Å². The highest BCUT2D eigenvalue weighted by atomic mass is 15.0. The van der Waals surface area contributed by atoms with Crippen LogP contribution in [0.5, 0.6) is 0 Å². The van der Waals surface area contributed by atoms with Crippen molar-refractivity contribution in [1.29, 1.82) is 0 Å². The van der Waals surface area contributed by atoms with Crippen LogP contribution in [0.25, 0.3) is 109 Å². The molecule has 11 aromatic rings. The summed E-state index contributed by atoms with van der Waals surface area (Å²) in [5.74, 6) is 0. The normalized spacial score (nSPS) is 11.7. The summed E-state index contributed by atoms with van der Waals surface area (Å²) in [5.41, 5.74) is 14.6. The maximum atomic E-state index is 7.76. The summed E-state index contributed by atoms with van der Waals surface area (Å²) in [6.45, 7) is 12.3. The molecule has 0 bridgehead atoms. The Morgan fingerprint density at radius 1 is 0.421 bits per heavy atom. The number of aryl methyl sites for hydroxylation is 2. The molecule has 11 rings (SSSR count). The van der Waals surface area contributed by atoms with Crippen molar-refractivity contribution in [3.8, 4) is 39.3 Å². The predicted octanol–water partition coefficient (Wildman–Crippen LogP) is 14.4. The highest BCUT2D eigenvalue weighted by Gasteiger charge is 2.23. The van der Waals surface area contributed by atoms with Gasteiger partial charge in [0, 0.05) is 43.7 Å². The average molecular weight is 727 g/mol. The minimum absolute atomic E-state index is 0.632. The minimum Gasteiger partial charge on any atom is -0.309 e. The van der Waals surface area contributed by atoms with Crippen LogP contribution in [0.15, 0.2) is 170 Å². The molecule has 3 aromatic heterocycles. The fourth-order valence-corrected chi connectivity index (χ4v) is 9.14. The zero-order chi connectivity index (χ0) is 38.2. The maximum absolute atomic E-state index is 7.76. The van der Waals surface area contributed by atoms with E-state index in [-0.39, 0.29) is 0 Å². The molecule has 0 amide bonds. The highest BCUT2D eigenvalue weighted by Crippen LogP contribution is 2.46. The first-order valence-corrected chi connectivity index (χ1v) is 19.3. The quantitative estimate of drug-likeness (QED) is 0.103. The van der Waals surface area contributed by atoms with Crippen LogP contribution in [0, 0.1) is 20.4 Å². The van der Waals surface area contributed by atoms with Crippen molar-refractivity contribution in [3.63, 3.8) is 0 Å². The Hall–Kier alpha value is -7.61. The second-order valence-electron chi connectivity index (χ2n) is 14.9. The van der Waals surface area contributed by atoms with E-state index in [1.54, 1.807) is 0 Å². The van der Waals surface area contributed by atoms with E-state index in [0.29, 0.717) is 5.69 Å². The maximum Gasteiger partial charge on any atom is 0.188 e. The van der Waals surface area contributed by atoms with E-state index in [9.17, 15) is 0 Å². The van der Waals surface area contributed by atoms with Crippen LogP contribution in [0.1, 0.15) is 11.1 Å². The van der Waals surface area contributed by atoms with Crippen molar-refractivity contribution in [2.45, 2.75) is 13.8 Å². The molecule has 0 aliphatic rings. The second kappa shape index (κ2) is 12.7. The van der Waals surface area contributed by atoms with Gasteiger partial charge in [0.25, 0.3) is 0 Å². The standard InChI is InChI=1S/C53H34N4/c1-32-48-40-21-13-14-22-44(40)55-52(34-15-7-4-8-16-34)50(48)33(2)49-41-26-23-37(30-45(41)56-53(51(32)49)35-17-9-5-10-18-35)36-24-27-46-42(29-36)43-31-38(54-3)25-28-47(43)57(46)39-19-11-6-12-20-39/h4-31H,1-2H3. The van der Waals surface area contributed by atoms with Crippen molar-refractivity contribution in [1.82, 2.24) is 14.5 Å². The summed E-state index contributed by atoms with van der Waals surface area (Å²) in [6, 6.07) is 59.6. The Bertz CT molecular complexity index is 3470. The number of pyridine rings is 2. The van der Waals surface area contributed by atoms with Gasteiger partial charge in [0.1, 0.15) is 0 Å². The zero-order valence-corrected chi connectivity index (χ0v) is 31.5. The lowest BCUT2D eigenvalue weighted by molar-refractivity contribution is 1.18. The van der Waals surface area contributed by atoms with Crippen LogP contribution < -0.4 is 0 Å². The number of hydrogen-bond acceptors (Lipinski definition) is 2. The highest BCUT2D eigenvalue weighted by molar-refractivity contribution is 6.25. The topological polar surface area (TPSA) is 35.1 Å². The molecular weight excluding hydrogens is 693 g/mol. The molecule has 0 saturated heterocycles. The number of fused-ring (bicyclic) bond motifs is 9. The van der Waals surface area contributed by atoms with E-state index >= 15 is 0 Å². The molecule has 0 unspecified atom stereocenters. The van der Waals surface area contributed by atoms with Gasteiger partial charge in [-0.25, -0.2) is 14.8 Å². The Morgan fingerprint density at radius 3 is 1.58 bits per heavy atom. The van der Waals surface area contributed by atoms with Gasteiger partial charge in [-0.3, -0.25) is 0 Å². The number of hydrogen-bond donors (Lipinski definition) is 0. The summed E-state index contributed by atoms with van der Waals surface area (Å²) in [6.07, 6.45) is 0. The van der Waals surface area contributed by atoms with Gasteiger partial charge in [-0.15, -0.1) is 0 Å². The third-order valence-electron chi connectivity index (χ3n) is 11.7. The minimum atomic E-state index is 0.632. The van der Waals surface area contributed by atoms with Crippen LogP contribution in [0.3, 0.4) is 0 Å². The van der Waals surface area contributed by atoms with Crippen molar-refractivity contribution >= 4 is 70.8 Å². The van der Waals surface area contributed by atoms with Crippen LogP contribution in [-0.2, 0) is 0 Å². The lowest BCUT2D eigenvalue weighted by Gasteiger charge is -2.21.